The zero-order chi connectivity index (χ0) is 10.6. The van der Waals surface area contributed by atoms with Gasteiger partial charge in [-0.15, -0.1) is 10.2 Å². The van der Waals surface area contributed by atoms with Crippen molar-refractivity contribution in [3.63, 3.8) is 0 Å². The standard InChI is InChI=1S/C8H10N4O2/c1-5(11-13)7-3-4-8(10-9-7)6(2)12-14/h3-4,13-14H,1-2H3/b11-5+,12-6+. The quantitative estimate of drug-likeness (QED) is 0.415. The van der Waals surface area contributed by atoms with Crippen molar-refractivity contribution in [2.75, 3.05) is 0 Å². The molecule has 1 heterocycles. The van der Waals surface area contributed by atoms with Crippen molar-refractivity contribution in [1.82, 2.24) is 10.2 Å². The van der Waals surface area contributed by atoms with Gasteiger partial charge >= 0.3 is 0 Å². The summed E-state index contributed by atoms with van der Waals surface area (Å²) in [7, 11) is 0. The van der Waals surface area contributed by atoms with Crippen LogP contribution < -0.4 is 0 Å². The lowest BCUT2D eigenvalue weighted by molar-refractivity contribution is 0.318. The Morgan fingerprint density at radius 1 is 1.00 bits per heavy atom. The molecule has 1 aromatic rings. The third-order valence-corrected chi connectivity index (χ3v) is 1.71. The first-order chi connectivity index (χ1) is 6.69. The third-order valence-electron chi connectivity index (χ3n) is 1.71. The average molecular weight is 194 g/mol. The van der Waals surface area contributed by atoms with Crippen LogP contribution in [0, 0.1) is 0 Å². The van der Waals surface area contributed by atoms with Crippen LogP contribution in [0.5, 0.6) is 0 Å². The van der Waals surface area contributed by atoms with E-state index in [4.69, 9.17) is 10.4 Å². The van der Waals surface area contributed by atoms with Crippen LogP contribution in [0.4, 0.5) is 0 Å². The van der Waals surface area contributed by atoms with E-state index in [1.54, 1.807) is 26.0 Å². The molecule has 74 valence electrons. The SMILES string of the molecule is C/C(=N\O)c1ccc(/C(C)=N/O)nn1. The monoisotopic (exact) mass is 194 g/mol. The summed E-state index contributed by atoms with van der Waals surface area (Å²) in [6.07, 6.45) is 0. The van der Waals surface area contributed by atoms with Crippen LogP contribution in [0.3, 0.4) is 0 Å². The molecule has 0 saturated carbocycles. The minimum atomic E-state index is 0.377. The zero-order valence-electron chi connectivity index (χ0n) is 7.84. The molecule has 0 aromatic carbocycles. The molecular formula is C8H10N4O2. The van der Waals surface area contributed by atoms with Crippen molar-refractivity contribution in [3.8, 4) is 0 Å². The van der Waals surface area contributed by atoms with E-state index in [0.29, 0.717) is 22.8 Å². The van der Waals surface area contributed by atoms with E-state index in [9.17, 15) is 0 Å². The Hall–Kier alpha value is -1.98. The van der Waals surface area contributed by atoms with Crippen molar-refractivity contribution in [2.24, 2.45) is 10.3 Å². The van der Waals surface area contributed by atoms with Gasteiger partial charge in [-0.3, -0.25) is 0 Å². The van der Waals surface area contributed by atoms with Gasteiger partial charge in [0.2, 0.25) is 0 Å². The molecule has 0 aliphatic heterocycles. The van der Waals surface area contributed by atoms with Gasteiger partial charge in [0, 0.05) is 0 Å². The minimum absolute atomic E-state index is 0.377. The fourth-order valence-electron chi connectivity index (χ4n) is 0.821. The number of aromatic nitrogens is 2. The minimum Gasteiger partial charge on any atom is -0.411 e. The van der Waals surface area contributed by atoms with Crippen LogP contribution in [0.2, 0.25) is 0 Å². The second kappa shape index (κ2) is 4.31. The predicted molar refractivity (Wildman–Crippen MR) is 50.0 cm³/mol. The Labute approximate surface area is 80.6 Å². The van der Waals surface area contributed by atoms with E-state index in [-0.39, 0.29) is 0 Å². The molecule has 0 amide bonds. The van der Waals surface area contributed by atoms with Crippen molar-refractivity contribution < 1.29 is 10.4 Å². The molecule has 0 fully saturated rings. The summed E-state index contributed by atoms with van der Waals surface area (Å²) in [5.41, 5.74) is 1.70. The maximum absolute atomic E-state index is 8.47. The van der Waals surface area contributed by atoms with Gasteiger partial charge < -0.3 is 10.4 Å². The fourth-order valence-corrected chi connectivity index (χ4v) is 0.821. The summed E-state index contributed by atoms with van der Waals surface area (Å²) in [5, 5.41) is 30.5. The van der Waals surface area contributed by atoms with Gasteiger partial charge in [0.05, 0.1) is 0 Å². The van der Waals surface area contributed by atoms with Crippen molar-refractivity contribution in [3.05, 3.63) is 23.5 Å². The maximum Gasteiger partial charge on any atom is 0.110 e. The molecule has 0 aliphatic carbocycles. The summed E-state index contributed by atoms with van der Waals surface area (Å²) in [6.45, 7) is 3.22. The molecule has 0 spiro atoms. The van der Waals surface area contributed by atoms with Gasteiger partial charge in [-0.2, -0.15) is 0 Å². The molecule has 6 heteroatoms. The first-order valence-corrected chi connectivity index (χ1v) is 3.91. The number of hydrogen-bond acceptors (Lipinski definition) is 6. The molecule has 0 unspecified atom stereocenters. The predicted octanol–water partition coefficient (Wildman–Crippen LogP) is 0.873. The van der Waals surface area contributed by atoms with Gasteiger partial charge in [0.25, 0.3) is 0 Å². The highest BCUT2D eigenvalue weighted by Gasteiger charge is 2.03. The second-order valence-electron chi connectivity index (χ2n) is 2.67. The topological polar surface area (TPSA) is 91.0 Å². The summed E-state index contributed by atoms with van der Waals surface area (Å²) < 4.78 is 0. The molecule has 0 radical (unpaired) electrons. The highest BCUT2D eigenvalue weighted by atomic mass is 16.4. The first kappa shape index (κ1) is 10.1. The van der Waals surface area contributed by atoms with Gasteiger partial charge in [0.1, 0.15) is 22.8 Å². The molecular weight excluding hydrogens is 184 g/mol. The van der Waals surface area contributed by atoms with E-state index in [1.807, 2.05) is 0 Å². The molecule has 6 nitrogen and oxygen atoms in total. The Kier molecular flexibility index (Phi) is 3.11. The normalized spacial score (nSPS) is 13.0. The van der Waals surface area contributed by atoms with Crippen LogP contribution in [0.15, 0.2) is 22.4 Å². The largest absolute Gasteiger partial charge is 0.411 e. The van der Waals surface area contributed by atoms with Crippen molar-refractivity contribution >= 4 is 11.4 Å². The molecule has 0 aliphatic rings. The maximum atomic E-state index is 8.47. The summed E-state index contributed by atoms with van der Waals surface area (Å²) in [4.78, 5) is 0. The molecule has 14 heavy (non-hydrogen) atoms. The number of hydrogen-bond donors (Lipinski definition) is 2. The van der Waals surface area contributed by atoms with Gasteiger partial charge in [-0.05, 0) is 26.0 Å². The van der Waals surface area contributed by atoms with Crippen LogP contribution in [-0.2, 0) is 0 Å². The lowest BCUT2D eigenvalue weighted by Crippen LogP contribution is -2.05. The molecule has 1 rings (SSSR count). The van der Waals surface area contributed by atoms with E-state index < -0.39 is 0 Å². The van der Waals surface area contributed by atoms with Gasteiger partial charge in [-0.1, -0.05) is 10.3 Å². The Morgan fingerprint density at radius 2 is 1.36 bits per heavy atom. The van der Waals surface area contributed by atoms with Crippen LogP contribution >= 0.6 is 0 Å². The zero-order valence-corrected chi connectivity index (χ0v) is 7.84. The third kappa shape index (κ3) is 2.03. The van der Waals surface area contributed by atoms with Gasteiger partial charge in [-0.25, -0.2) is 0 Å². The van der Waals surface area contributed by atoms with Crippen LogP contribution in [0.1, 0.15) is 25.2 Å². The van der Waals surface area contributed by atoms with Crippen molar-refractivity contribution in [2.45, 2.75) is 13.8 Å². The van der Waals surface area contributed by atoms with E-state index in [0.717, 1.165) is 0 Å². The summed E-state index contributed by atoms with van der Waals surface area (Å²) in [6, 6.07) is 3.26. The fraction of sp³-hybridized carbons (Fsp3) is 0.250. The van der Waals surface area contributed by atoms with E-state index >= 15 is 0 Å². The molecule has 2 N–H and O–H groups in total. The number of rotatable bonds is 2. The molecule has 0 atom stereocenters. The highest BCUT2D eigenvalue weighted by molar-refractivity contribution is 5.98. The lowest BCUT2D eigenvalue weighted by Gasteiger charge is -1.98. The second-order valence-corrected chi connectivity index (χ2v) is 2.67. The Bertz CT molecular complexity index is 332. The Morgan fingerprint density at radius 3 is 1.57 bits per heavy atom. The van der Waals surface area contributed by atoms with E-state index in [2.05, 4.69) is 20.5 Å². The van der Waals surface area contributed by atoms with E-state index in [1.165, 1.54) is 0 Å². The van der Waals surface area contributed by atoms with Crippen molar-refractivity contribution in [1.29, 1.82) is 0 Å². The summed E-state index contributed by atoms with van der Waals surface area (Å²) in [5.74, 6) is 0. The molecule has 0 saturated heterocycles. The summed E-state index contributed by atoms with van der Waals surface area (Å²) >= 11 is 0. The number of nitrogens with zero attached hydrogens (tertiary/aromatic N) is 4. The highest BCUT2D eigenvalue weighted by Crippen LogP contribution is 1.99. The average Bonchev–Trinajstić information content (AvgIpc) is 2.27. The Balaban J connectivity index is 3.01. The molecule has 0 bridgehead atoms. The first-order valence-electron chi connectivity index (χ1n) is 3.91. The number of oxime groups is 2. The van der Waals surface area contributed by atoms with Gasteiger partial charge in [0.15, 0.2) is 0 Å². The smallest absolute Gasteiger partial charge is 0.110 e. The van der Waals surface area contributed by atoms with Crippen LogP contribution in [-0.4, -0.2) is 32.0 Å². The molecule has 1 aromatic heterocycles. The van der Waals surface area contributed by atoms with Crippen LogP contribution in [0.25, 0.3) is 0 Å². The lowest BCUT2D eigenvalue weighted by atomic mass is 10.2.